The third-order valence-corrected chi connectivity index (χ3v) is 3.39. The second-order valence-corrected chi connectivity index (χ2v) is 5.37. The van der Waals surface area contributed by atoms with Crippen LogP contribution in [0.15, 0.2) is 0 Å². The van der Waals surface area contributed by atoms with Gasteiger partial charge in [0.2, 0.25) is 0 Å². The summed E-state index contributed by atoms with van der Waals surface area (Å²) in [5, 5.41) is 8.60. The van der Waals surface area contributed by atoms with Crippen molar-refractivity contribution < 1.29 is 28.9 Å². The Morgan fingerprint density at radius 2 is 1.79 bits per heavy atom. The maximum absolute atomic E-state index is 12.1. The SMILES string of the molecule is C#COC(CCC)C(CCC)(OC#C)OC(=O)CCCCC(=O)O. The number of unbranched alkanes of at least 4 members (excludes halogenated alkanes) is 1. The molecule has 2 unspecified atom stereocenters. The lowest BCUT2D eigenvalue weighted by atomic mass is 9.99. The molecule has 0 rings (SSSR count). The molecule has 0 aliphatic carbocycles. The molecule has 0 aromatic heterocycles. The Kier molecular flexibility index (Phi) is 10.9. The van der Waals surface area contributed by atoms with Gasteiger partial charge in [-0.3, -0.25) is 9.59 Å². The number of ether oxygens (including phenoxy) is 3. The molecule has 134 valence electrons. The highest BCUT2D eigenvalue weighted by Crippen LogP contribution is 2.30. The first-order chi connectivity index (χ1) is 11.5. The van der Waals surface area contributed by atoms with Gasteiger partial charge in [-0.2, -0.15) is 0 Å². The zero-order valence-corrected chi connectivity index (χ0v) is 14.4. The Hall–Kier alpha value is -2.34. The summed E-state index contributed by atoms with van der Waals surface area (Å²) in [7, 11) is 0. The number of carbonyl (C=O) groups excluding carboxylic acids is 1. The van der Waals surface area contributed by atoms with Gasteiger partial charge in [0.15, 0.2) is 6.10 Å². The van der Waals surface area contributed by atoms with Gasteiger partial charge in [-0.05, 0) is 25.7 Å². The van der Waals surface area contributed by atoms with Gasteiger partial charge in [-0.15, -0.1) is 0 Å². The predicted octanol–water partition coefficient (Wildman–Crippen LogP) is 3.05. The van der Waals surface area contributed by atoms with Gasteiger partial charge in [0, 0.05) is 19.3 Å². The fraction of sp³-hybridized carbons (Fsp3) is 0.667. The number of aliphatic carboxylic acids is 1. The van der Waals surface area contributed by atoms with Crippen LogP contribution in [0.5, 0.6) is 0 Å². The molecule has 6 heteroatoms. The molecule has 0 radical (unpaired) electrons. The van der Waals surface area contributed by atoms with Crippen LogP contribution in [-0.4, -0.2) is 28.9 Å². The quantitative estimate of drug-likeness (QED) is 0.240. The van der Waals surface area contributed by atoms with E-state index in [0.29, 0.717) is 32.1 Å². The van der Waals surface area contributed by atoms with E-state index < -0.39 is 23.8 Å². The summed E-state index contributed by atoms with van der Waals surface area (Å²) in [4.78, 5) is 22.6. The van der Waals surface area contributed by atoms with E-state index in [9.17, 15) is 9.59 Å². The van der Waals surface area contributed by atoms with Gasteiger partial charge in [0.1, 0.15) is 12.2 Å². The Morgan fingerprint density at radius 1 is 1.12 bits per heavy atom. The van der Waals surface area contributed by atoms with Gasteiger partial charge >= 0.3 is 17.7 Å². The minimum Gasteiger partial charge on any atom is -0.481 e. The van der Waals surface area contributed by atoms with Crippen LogP contribution in [0, 0.1) is 25.1 Å². The largest absolute Gasteiger partial charge is 0.481 e. The second kappa shape index (κ2) is 12.1. The average Bonchev–Trinajstić information content (AvgIpc) is 2.51. The monoisotopic (exact) mass is 338 g/mol. The van der Waals surface area contributed by atoms with Crippen molar-refractivity contribution in [1.29, 1.82) is 0 Å². The molecule has 0 aliphatic rings. The Bertz CT molecular complexity index is 473. The lowest BCUT2D eigenvalue weighted by Crippen LogP contribution is -2.49. The van der Waals surface area contributed by atoms with Crippen molar-refractivity contribution in [3.63, 3.8) is 0 Å². The van der Waals surface area contributed by atoms with Crippen LogP contribution in [0.3, 0.4) is 0 Å². The lowest BCUT2D eigenvalue weighted by Gasteiger charge is -2.36. The van der Waals surface area contributed by atoms with Crippen LogP contribution >= 0.6 is 0 Å². The van der Waals surface area contributed by atoms with Crippen LogP contribution in [0.25, 0.3) is 0 Å². The summed E-state index contributed by atoms with van der Waals surface area (Å²) >= 11 is 0. The van der Waals surface area contributed by atoms with Crippen molar-refractivity contribution >= 4 is 11.9 Å². The molecule has 0 amide bonds. The molecule has 2 atom stereocenters. The van der Waals surface area contributed by atoms with E-state index in [0.717, 1.165) is 6.42 Å². The third kappa shape index (κ3) is 7.78. The second-order valence-electron chi connectivity index (χ2n) is 5.37. The zero-order chi connectivity index (χ0) is 18.4. The van der Waals surface area contributed by atoms with E-state index >= 15 is 0 Å². The molecule has 0 spiro atoms. The molecule has 0 aromatic carbocycles. The molecule has 0 aliphatic heterocycles. The van der Waals surface area contributed by atoms with Crippen LogP contribution in [-0.2, 0) is 23.8 Å². The predicted molar refractivity (Wildman–Crippen MR) is 88.4 cm³/mol. The molecule has 0 saturated carbocycles. The van der Waals surface area contributed by atoms with Gasteiger partial charge in [-0.25, -0.2) is 0 Å². The minimum atomic E-state index is -1.43. The lowest BCUT2D eigenvalue weighted by molar-refractivity contribution is -0.248. The summed E-state index contributed by atoms with van der Waals surface area (Å²) in [6, 6.07) is 0. The minimum absolute atomic E-state index is 0.00685. The van der Waals surface area contributed by atoms with Crippen molar-refractivity contribution in [1.82, 2.24) is 0 Å². The van der Waals surface area contributed by atoms with Crippen molar-refractivity contribution in [3.05, 3.63) is 0 Å². The first-order valence-electron chi connectivity index (χ1n) is 8.14. The summed E-state index contributed by atoms with van der Waals surface area (Å²) in [5.74, 6) is -2.86. The average molecular weight is 338 g/mol. The number of esters is 1. The molecule has 0 heterocycles. The number of terminal acetylenes is 2. The maximum atomic E-state index is 12.1. The van der Waals surface area contributed by atoms with E-state index in [1.165, 1.54) is 0 Å². The molecule has 6 nitrogen and oxygen atoms in total. The molecule has 0 saturated heterocycles. The van der Waals surface area contributed by atoms with E-state index in [2.05, 4.69) is 12.2 Å². The van der Waals surface area contributed by atoms with Crippen LogP contribution < -0.4 is 0 Å². The summed E-state index contributed by atoms with van der Waals surface area (Å²) in [6.45, 7) is 3.83. The van der Waals surface area contributed by atoms with Crippen LogP contribution in [0.1, 0.15) is 65.2 Å². The molecular formula is C18H26O6. The highest BCUT2D eigenvalue weighted by molar-refractivity contribution is 5.70. The molecule has 0 fully saturated rings. The number of carbonyl (C=O) groups is 2. The van der Waals surface area contributed by atoms with E-state index in [4.69, 9.17) is 32.2 Å². The smallest absolute Gasteiger partial charge is 0.309 e. The van der Waals surface area contributed by atoms with Gasteiger partial charge in [0.05, 0.1) is 0 Å². The van der Waals surface area contributed by atoms with Gasteiger partial charge in [-0.1, -0.05) is 33.1 Å². The zero-order valence-electron chi connectivity index (χ0n) is 14.4. The van der Waals surface area contributed by atoms with E-state index in [1.807, 2.05) is 13.8 Å². The number of hydrogen-bond donors (Lipinski definition) is 1. The topological polar surface area (TPSA) is 82.1 Å². The fourth-order valence-corrected chi connectivity index (χ4v) is 2.37. The van der Waals surface area contributed by atoms with Crippen molar-refractivity contribution in [2.75, 3.05) is 0 Å². The summed E-state index contributed by atoms with van der Waals surface area (Å²) in [6.07, 6.45) is 17.1. The third-order valence-electron chi connectivity index (χ3n) is 3.39. The van der Waals surface area contributed by atoms with Gasteiger partial charge < -0.3 is 19.3 Å². The molecule has 0 bridgehead atoms. The number of carboxylic acid groups (broad SMARTS) is 1. The van der Waals surface area contributed by atoms with Gasteiger partial charge in [0.25, 0.3) is 0 Å². The maximum Gasteiger partial charge on any atom is 0.309 e. The van der Waals surface area contributed by atoms with Crippen molar-refractivity contribution in [3.8, 4) is 25.1 Å². The summed E-state index contributed by atoms with van der Waals surface area (Å²) < 4.78 is 16.1. The first-order valence-corrected chi connectivity index (χ1v) is 8.14. The van der Waals surface area contributed by atoms with Crippen LogP contribution in [0.2, 0.25) is 0 Å². The fourth-order valence-electron chi connectivity index (χ4n) is 2.37. The Balaban J connectivity index is 5.03. The Morgan fingerprint density at radius 3 is 2.29 bits per heavy atom. The molecular weight excluding hydrogens is 312 g/mol. The van der Waals surface area contributed by atoms with Crippen molar-refractivity contribution in [2.24, 2.45) is 0 Å². The van der Waals surface area contributed by atoms with E-state index in [-0.39, 0.29) is 12.8 Å². The highest BCUT2D eigenvalue weighted by atomic mass is 16.7. The number of rotatable bonds is 13. The number of hydrogen-bond acceptors (Lipinski definition) is 5. The normalized spacial score (nSPS) is 13.7. The summed E-state index contributed by atoms with van der Waals surface area (Å²) in [5.41, 5.74) is 0. The van der Waals surface area contributed by atoms with E-state index in [1.54, 1.807) is 0 Å². The first kappa shape index (κ1) is 21.7. The highest BCUT2D eigenvalue weighted by Gasteiger charge is 2.45. The molecule has 1 N–H and O–H groups in total. The van der Waals surface area contributed by atoms with Crippen molar-refractivity contribution in [2.45, 2.75) is 77.1 Å². The molecule has 24 heavy (non-hydrogen) atoms. The number of carboxylic acids is 1. The standard InChI is InChI=1S/C18H26O6/c1-5-11-15(22-7-3)18(14-6-2,23-8-4)24-17(21)13-10-9-12-16(19)20/h3-4,15H,5-6,9-14H2,1-2H3,(H,19,20). The van der Waals surface area contributed by atoms with Crippen LogP contribution in [0.4, 0.5) is 0 Å². The molecule has 0 aromatic rings. The Labute approximate surface area is 143 Å².